The van der Waals surface area contributed by atoms with Crippen LogP contribution in [0.5, 0.6) is 0 Å². The maximum Gasteiger partial charge on any atom is 0.133 e. The summed E-state index contributed by atoms with van der Waals surface area (Å²) < 4.78 is 0. The van der Waals surface area contributed by atoms with Crippen molar-refractivity contribution in [2.24, 2.45) is 11.8 Å². The van der Waals surface area contributed by atoms with Crippen LogP contribution in [0.15, 0.2) is 0 Å². The van der Waals surface area contributed by atoms with E-state index in [1.165, 1.54) is 25.9 Å². The topological polar surface area (TPSA) is 20.3 Å². The zero-order valence-corrected chi connectivity index (χ0v) is 10.7. The lowest BCUT2D eigenvalue weighted by molar-refractivity contribution is -0.121. The number of hydrogen-bond donors (Lipinski definition) is 0. The molecule has 0 amide bonds. The van der Waals surface area contributed by atoms with Gasteiger partial charge in [-0.05, 0) is 50.6 Å². The first kappa shape index (κ1) is 12.1. The van der Waals surface area contributed by atoms with Crippen molar-refractivity contribution in [3.63, 3.8) is 0 Å². The summed E-state index contributed by atoms with van der Waals surface area (Å²) in [7, 11) is 0. The van der Waals surface area contributed by atoms with E-state index in [0.717, 1.165) is 37.5 Å². The highest BCUT2D eigenvalue weighted by Gasteiger charge is 2.28. The predicted octanol–water partition coefficient (Wildman–Crippen LogP) is 2.87. The molecule has 0 spiro atoms. The van der Waals surface area contributed by atoms with Gasteiger partial charge in [-0.3, -0.25) is 4.79 Å². The molecule has 0 atom stereocenters. The van der Waals surface area contributed by atoms with Crippen LogP contribution in [0.4, 0.5) is 0 Å². The Morgan fingerprint density at radius 3 is 2.12 bits per heavy atom. The van der Waals surface area contributed by atoms with Gasteiger partial charge in [0.05, 0.1) is 0 Å². The number of carbonyl (C=O) groups excluding carboxylic acids is 1. The Hall–Kier alpha value is -0.370. The van der Waals surface area contributed by atoms with E-state index in [1.54, 1.807) is 0 Å². The highest BCUT2D eigenvalue weighted by molar-refractivity contribution is 5.79. The fraction of sp³-hybridized carbons (Fsp3) is 0.929. The fourth-order valence-electron chi connectivity index (χ4n) is 3.24. The number of nitrogens with zero attached hydrogens (tertiary/aromatic N) is 1. The Morgan fingerprint density at radius 1 is 1.06 bits per heavy atom. The van der Waals surface area contributed by atoms with Gasteiger partial charge >= 0.3 is 0 Å². The first-order valence-electron chi connectivity index (χ1n) is 6.92. The first-order valence-corrected chi connectivity index (χ1v) is 6.92. The van der Waals surface area contributed by atoms with Crippen LogP contribution < -0.4 is 0 Å². The molecule has 1 saturated carbocycles. The molecule has 0 aromatic heterocycles. The summed E-state index contributed by atoms with van der Waals surface area (Å²) in [6.45, 7) is 7.22. The summed E-state index contributed by atoms with van der Waals surface area (Å²) in [4.78, 5) is 13.9. The van der Waals surface area contributed by atoms with Crippen LogP contribution in [-0.2, 0) is 4.79 Å². The van der Waals surface area contributed by atoms with Crippen LogP contribution in [-0.4, -0.2) is 29.8 Å². The normalized spacial score (nSPS) is 26.6. The second-order valence-corrected chi connectivity index (χ2v) is 5.89. The molecule has 1 heterocycles. The van der Waals surface area contributed by atoms with Gasteiger partial charge in [-0.1, -0.05) is 13.8 Å². The number of likely N-dealkylation sites (tertiary alicyclic amines) is 1. The van der Waals surface area contributed by atoms with E-state index in [4.69, 9.17) is 0 Å². The summed E-state index contributed by atoms with van der Waals surface area (Å²) in [6, 6.07) is 0.714. The molecule has 0 unspecified atom stereocenters. The minimum absolute atomic E-state index is 0.480. The average Bonchev–Trinajstić information content (AvgIpc) is 2.30. The zero-order chi connectivity index (χ0) is 11.5. The van der Waals surface area contributed by atoms with E-state index in [-0.39, 0.29) is 0 Å². The van der Waals surface area contributed by atoms with E-state index in [0.29, 0.717) is 11.8 Å². The summed E-state index contributed by atoms with van der Waals surface area (Å²) in [5, 5.41) is 0. The van der Waals surface area contributed by atoms with Crippen molar-refractivity contribution in [2.45, 2.75) is 58.4 Å². The second kappa shape index (κ2) is 5.31. The molecule has 0 N–H and O–H groups in total. The van der Waals surface area contributed by atoms with E-state index in [2.05, 4.69) is 18.7 Å². The lowest BCUT2D eigenvalue weighted by atomic mass is 9.84. The highest BCUT2D eigenvalue weighted by Crippen LogP contribution is 2.29. The monoisotopic (exact) mass is 223 g/mol. The molecule has 2 aliphatic rings. The van der Waals surface area contributed by atoms with Crippen LogP contribution in [0.1, 0.15) is 52.4 Å². The molecule has 2 rings (SSSR count). The Kier molecular flexibility index (Phi) is 4.01. The van der Waals surface area contributed by atoms with Crippen LogP contribution in [0.2, 0.25) is 0 Å². The minimum Gasteiger partial charge on any atom is -0.300 e. The van der Waals surface area contributed by atoms with Gasteiger partial charge < -0.3 is 4.90 Å². The number of ketones is 1. The van der Waals surface area contributed by atoms with Gasteiger partial charge in [-0.2, -0.15) is 0 Å². The van der Waals surface area contributed by atoms with E-state index < -0.39 is 0 Å². The highest BCUT2D eigenvalue weighted by atomic mass is 16.1. The van der Waals surface area contributed by atoms with Gasteiger partial charge in [0.2, 0.25) is 0 Å². The van der Waals surface area contributed by atoms with Crippen molar-refractivity contribution >= 4 is 5.78 Å². The summed E-state index contributed by atoms with van der Waals surface area (Å²) in [6.07, 6.45) is 6.62. The van der Waals surface area contributed by atoms with Gasteiger partial charge in [-0.25, -0.2) is 0 Å². The molecule has 2 fully saturated rings. The molecule has 16 heavy (non-hydrogen) atoms. The molecule has 0 aromatic rings. The van der Waals surface area contributed by atoms with Gasteiger partial charge in [0.1, 0.15) is 5.78 Å². The molecule has 0 aromatic carbocycles. The minimum atomic E-state index is 0.480. The van der Waals surface area contributed by atoms with Gasteiger partial charge in [0.15, 0.2) is 0 Å². The third kappa shape index (κ3) is 2.85. The lowest BCUT2D eigenvalue weighted by Crippen LogP contribution is -2.43. The van der Waals surface area contributed by atoms with Gasteiger partial charge in [0, 0.05) is 18.9 Å². The van der Waals surface area contributed by atoms with Crippen molar-refractivity contribution in [3.05, 3.63) is 0 Å². The third-order valence-electron chi connectivity index (χ3n) is 4.55. The van der Waals surface area contributed by atoms with Crippen LogP contribution in [0, 0.1) is 11.8 Å². The quantitative estimate of drug-likeness (QED) is 0.717. The van der Waals surface area contributed by atoms with Crippen molar-refractivity contribution in [2.75, 3.05) is 13.1 Å². The Balaban J connectivity index is 1.78. The van der Waals surface area contributed by atoms with E-state index in [9.17, 15) is 4.79 Å². The zero-order valence-electron chi connectivity index (χ0n) is 10.7. The molecule has 0 radical (unpaired) electrons. The van der Waals surface area contributed by atoms with Crippen LogP contribution in [0.25, 0.3) is 0 Å². The number of carbonyl (C=O) groups is 1. The molecule has 1 saturated heterocycles. The molecule has 0 bridgehead atoms. The number of Topliss-reactive ketones (excluding diaryl/α,β-unsaturated/α-hetero) is 1. The van der Waals surface area contributed by atoms with Crippen molar-refractivity contribution in [1.82, 2.24) is 4.90 Å². The van der Waals surface area contributed by atoms with Crippen LogP contribution in [0.3, 0.4) is 0 Å². The van der Waals surface area contributed by atoms with E-state index in [1.807, 2.05) is 0 Å². The Morgan fingerprint density at radius 2 is 1.62 bits per heavy atom. The lowest BCUT2D eigenvalue weighted by Gasteiger charge is -2.40. The largest absolute Gasteiger partial charge is 0.300 e. The molecular weight excluding hydrogens is 198 g/mol. The summed E-state index contributed by atoms with van der Waals surface area (Å²) in [5.41, 5.74) is 0. The van der Waals surface area contributed by atoms with Crippen molar-refractivity contribution in [3.8, 4) is 0 Å². The maximum atomic E-state index is 11.2. The second-order valence-electron chi connectivity index (χ2n) is 5.89. The molecule has 2 heteroatoms. The number of hydrogen-bond acceptors (Lipinski definition) is 2. The number of rotatable bonds is 2. The fourth-order valence-corrected chi connectivity index (χ4v) is 3.24. The van der Waals surface area contributed by atoms with Crippen LogP contribution >= 0.6 is 0 Å². The Bertz CT molecular complexity index is 231. The van der Waals surface area contributed by atoms with Crippen molar-refractivity contribution in [1.29, 1.82) is 0 Å². The summed E-state index contributed by atoms with van der Waals surface area (Å²) in [5.74, 6) is 2.25. The Labute approximate surface area is 99.4 Å². The smallest absolute Gasteiger partial charge is 0.133 e. The predicted molar refractivity (Wildman–Crippen MR) is 66.4 cm³/mol. The molecular formula is C14H25NO. The average molecular weight is 223 g/mol. The van der Waals surface area contributed by atoms with Gasteiger partial charge in [0.25, 0.3) is 0 Å². The molecule has 1 aliphatic carbocycles. The van der Waals surface area contributed by atoms with Gasteiger partial charge in [-0.15, -0.1) is 0 Å². The maximum absolute atomic E-state index is 11.2. The van der Waals surface area contributed by atoms with Crippen molar-refractivity contribution < 1.29 is 4.79 Å². The third-order valence-corrected chi connectivity index (χ3v) is 4.55. The first-order chi connectivity index (χ1) is 7.66. The number of piperidine rings is 1. The molecule has 1 aliphatic heterocycles. The van der Waals surface area contributed by atoms with E-state index >= 15 is 0 Å². The summed E-state index contributed by atoms with van der Waals surface area (Å²) >= 11 is 0. The molecule has 2 nitrogen and oxygen atoms in total. The standard InChI is InChI=1S/C14H25NO/c1-11(2)12-7-9-15(10-8-12)13-3-5-14(16)6-4-13/h11-13H,3-10H2,1-2H3. The molecule has 92 valence electrons. The SMILES string of the molecule is CC(C)C1CCN(C2CCC(=O)CC2)CC1.